The number of methoxy groups -OCH3 is 1. The first-order valence-electron chi connectivity index (χ1n) is 4.82. The average molecular weight is 207 g/mol. The number of aromatic nitrogens is 1. The Kier molecular flexibility index (Phi) is 2.45. The zero-order valence-electron chi connectivity index (χ0n) is 8.56. The molecule has 1 aliphatic heterocycles. The van der Waals surface area contributed by atoms with Crippen molar-refractivity contribution in [2.24, 2.45) is 5.73 Å². The molecule has 1 aromatic heterocycles. The first-order valence-corrected chi connectivity index (χ1v) is 4.82. The molecule has 5 heteroatoms. The molecule has 1 aromatic rings. The van der Waals surface area contributed by atoms with Gasteiger partial charge in [0.2, 0.25) is 0 Å². The molecule has 2 N–H and O–H groups in total. The van der Waals surface area contributed by atoms with Crippen molar-refractivity contribution < 1.29 is 9.53 Å². The van der Waals surface area contributed by atoms with Crippen molar-refractivity contribution in [1.82, 2.24) is 4.98 Å². The summed E-state index contributed by atoms with van der Waals surface area (Å²) in [4.78, 5) is 17.2. The van der Waals surface area contributed by atoms with Gasteiger partial charge in [0.15, 0.2) is 11.4 Å². The highest BCUT2D eigenvalue weighted by molar-refractivity contribution is 5.95. The van der Waals surface area contributed by atoms with Gasteiger partial charge in [-0.3, -0.25) is 4.79 Å². The van der Waals surface area contributed by atoms with Crippen LogP contribution in [0.25, 0.3) is 0 Å². The Hall–Kier alpha value is -1.78. The van der Waals surface area contributed by atoms with Gasteiger partial charge in [0, 0.05) is 19.3 Å². The van der Waals surface area contributed by atoms with Gasteiger partial charge >= 0.3 is 0 Å². The van der Waals surface area contributed by atoms with E-state index in [9.17, 15) is 4.79 Å². The van der Waals surface area contributed by atoms with Gasteiger partial charge in [-0.25, -0.2) is 4.98 Å². The van der Waals surface area contributed by atoms with Gasteiger partial charge in [-0.15, -0.1) is 0 Å². The van der Waals surface area contributed by atoms with Crippen molar-refractivity contribution in [2.75, 3.05) is 25.1 Å². The summed E-state index contributed by atoms with van der Waals surface area (Å²) in [7, 11) is 1.52. The number of hydrogen-bond acceptors (Lipinski definition) is 4. The number of nitrogens with zero attached hydrogens (tertiary/aromatic N) is 2. The van der Waals surface area contributed by atoms with E-state index in [1.165, 1.54) is 7.11 Å². The van der Waals surface area contributed by atoms with E-state index in [1.807, 2.05) is 6.07 Å². The van der Waals surface area contributed by atoms with E-state index in [-0.39, 0.29) is 5.69 Å². The molecule has 0 radical (unpaired) electrons. The standard InChI is InChI=1S/C10H13N3O2/c1-15-9-7(13-5-2-6-13)3-4-12-8(9)10(11)14/h3-4H,2,5-6H2,1H3,(H2,11,14). The fourth-order valence-corrected chi connectivity index (χ4v) is 1.62. The molecule has 0 spiro atoms. The number of nitrogens with two attached hydrogens (primary N) is 1. The van der Waals surface area contributed by atoms with Crippen LogP contribution in [-0.4, -0.2) is 31.1 Å². The van der Waals surface area contributed by atoms with Crippen LogP contribution in [0.4, 0.5) is 5.69 Å². The zero-order valence-corrected chi connectivity index (χ0v) is 8.56. The molecular weight excluding hydrogens is 194 g/mol. The Morgan fingerprint density at radius 2 is 2.33 bits per heavy atom. The Morgan fingerprint density at radius 1 is 1.60 bits per heavy atom. The molecular formula is C10H13N3O2. The van der Waals surface area contributed by atoms with Gasteiger partial charge in [-0.2, -0.15) is 0 Å². The van der Waals surface area contributed by atoms with Crippen molar-refractivity contribution in [3.63, 3.8) is 0 Å². The smallest absolute Gasteiger partial charge is 0.271 e. The quantitative estimate of drug-likeness (QED) is 0.779. The maximum Gasteiger partial charge on any atom is 0.271 e. The van der Waals surface area contributed by atoms with E-state index in [0.717, 1.165) is 25.2 Å². The third-order valence-electron chi connectivity index (χ3n) is 2.52. The summed E-state index contributed by atoms with van der Waals surface area (Å²) >= 11 is 0. The summed E-state index contributed by atoms with van der Waals surface area (Å²) in [6.07, 6.45) is 2.74. The minimum Gasteiger partial charge on any atom is -0.492 e. The maximum absolute atomic E-state index is 11.1. The first-order chi connectivity index (χ1) is 7.24. The van der Waals surface area contributed by atoms with Crippen molar-refractivity contribution in [1.29, 1.82) is 0 Å². The highest BCUT2D eigenvalue weighted by Crippen LogP contribution is 2.32. The molecule has 1 saturated heterocycles. The first kappa shape index (κ1) is 9.76. The highest BCUT2D eigenvalue weighted by atomic mass is 16.5. The van der Waals surface area contributed by atoms with E-state index in [1.54, 1.807) is 6.20 Å². The number of amides is 1. The van der Waals surface area contributed by atoms with E-state index in [4.69, 9.17) is 10.5 Å². The Bertz CT molecular complexity index is 388. The number of anilines is 1. The van der Waals surface area contributed by atoms with Crippen molar-refractivity contribution in [3.05, 3.63) is 18.0 Å². The second kappa shape index (κ2) is 3.76. The summed E-state index contributed by atoms with van der Waals surface area (Å²) < 4.78 is 5.19. The summed E-state index contributed by atoms with van der Waals surface area (Å²) in [5, 5.41) is 0. The van der Waals surface area contributed by atoms with Gasteiger partial charge in [0.1, 0.15) is 0 Å². The largest absolute Gasteiger partial charge is 0.492 e. The topological polar surface area (TPSA) is 68.4 Å². The summed E-state index contributed by atoms with van der Waals surface area (Å²) in [5.74, 6) is -0.0843. The van der Waals surface area contributed by atoms with Crippen LogP contribution in [0.15, 0.2) is 12.3 Å². The molecule has 2 heterocycles. The molecule has 5 nitrogen and oxygen atoms in total. The van der Waals surface area contributed by atoms with Crippen LogP contribution in [0, 0.1) is 0 Å². The third kappa shape index (κ3) is 1.60. The summed E-state index contributed by atoms with van der Waals surface area (Å²) in [5.41, 5.74) is 6.31. The molecule has 0 saturated carbocycles. The second-order valence-corrected chi connectivity index (χ2v) is 3.42. The minimum atomic E-state index is -0.561. The normalized spacial score (nSPS) is 14.6. The third-order valence-corrected chi connectivity index (χ3v) is 2.52. The molecule has 0 unspecified atom stereocenters. The van der Waals surface area contributed by atoms with Gasteiger partial charge in [-0.1, -0.05) is 0 Å². The minimum absolute atomic E-state index is 0.196. The van der Waals surface area contributed by atoms with Crippen LogP contribution >= 0.6 is 0 Å². The lowest BCUT2D eigenvalue weighted by Gasteiger charge is -2.34. The predicted molar refractivity (Wildman–Crippen MR) is 56.1 cm³/mol. The fraction of sp³-hybridized carbons (Fsp3) is 0.400. The molecule has 0 atom stereocenters. The Morgan fingerprint density at radius 3 is 2.80 bits per heavy atom. The monoisotopic (exact) mass is 207 g/mol. The average Bonchev–Trinajstić information content (AvgIpc) is 2.14. The maximum atomic E-state index is 11.1. The lowest BCUT2D eigenvalue weighted by atomic mass is 10.1. The number of carbonyl (C=O) groups is 1. The van der Waals surface area contributed by atoms with Gasteiger partial charge < -0.3 is 15.4 Å². The van der Waals surface area contributed by atoms with Crippen LogP contribution in [-0.2, 0) is 0 Å². The SMILES string of the molecule is COc1c(N2CCC2)ccnc1C(N)=O. The van der Waals surface area contributed by atoms with E-state index in [2.05, 4.69) is 9.88 Å². The molecule has 0 aliphatic carbocycles. The highest BCUT2D eigenvalue weighted by Gasteiger charge is 2.22. The number of carbonyl (C=O) groups excluding carboxylic acids is 1. The Balaban J connectivity index is 2.44. The van der Waals surface area contributed by atoms with Crippen molar-refractivity contribution >= 4 is 11.6 Å². The van der Waals surface area contributed by atoms with Crippen LogP contribution < -0.4 is 15.4 Å². The molecule has 0 aromatic carbocycles. The fourth-order valence-electron chi connectivity index (χ4n) is 1.62. The number of hydrogen-bond donors (Lipinski definition) is 1. The number of pyridine rings is 1. The molecule has 2 rings (SSSR count). The van der Waals surface area contributed by atoms with Crippen molar-refractivity contribution in [2.45, 2.75) is 6.42 Å². The molecule has 1 fully saturated rings. The van der Waals surface area contributed by atoms with Gasteiger partial charge in [0.05, 0.1) is 12.8 Å². The Labute approximate surface area is 87.8 Å². The van der Waals surface area contributed by atoms with Crippen LogP contribution in [0.2, 0.25) is 0 Å². The molecule has 1 aliphatic rings. The van der Waals surface area contributed by atoms with Gasteiger partial charge in [0.25, 0.3) is 5.91 Å². The van der Waals surface area contributed by atoms with Gasteiger partial charge in [-0.05, 0) is 12.5 Å². The summed E-state index contributed by atoms with van der Waals surface area (Å²) in [6.45, 7) is 1.97. The zero-order chi connectivity index (χ0) is 10.8. The second-order valence-electron chi connectivity index (χ2n) is 3.42. The molecule has 1 amide bonds. The van der Waals surface area contributed by atoms with Crippen molar-refractivity contribution in [3.8, 4) is 5.75 Å². The van der Waals surface area contributed by atoms with E-state index in [0.29, 0.717) is 5.75 Å². The molecule has 80 valence electrons. The summed E-state index contributed by atoms with van der Waals surface area (Å²) in [6, 6.07) is 1.84. The number of primary amides is 1. The number of rotatable bonds is 3. The van der Waals surface area contributed by atoms with Crippen LogP contribution in [0.1, 0.15) is 16.9 Å². The molecule has 0 bridgehead atoms. The molecule has 15 heavy (non-hydrogen) atoms. The van der Waals surface area contributed by atoms with E-state index < -0.39 is 5.91 Å². The van der Waals surface area contributed by atoms with E-state index >= 15 is 0 Å². The van der Waals surface area contributed by atoms with Crippen LogP contribution in [0.3, 0.4) is 0 Å². The predicted octanol–water partition coefficient (Wildman–Crippen LogP) is 0.399. The lowest BCUT2D eigenvalue weighted by Crippen LogP contribution is -2.37. The lowest BCUT2D eigenvalue weighted by molar-refractivity contribution is 0.0992. The number of ether oxygens (including phenoxy) is 1. The van der Waals surface area contributed by atoms with Crippen LogP contribution in [0.5, 0.6) is 5.75 Å².